The summed E-state index contributed by atoms with van der Waals surface area (Å²) in [6.45, 7) is 0. The molecular weight excluding hydrogens is 284 g/mol. The third-order valence-corrected chi connectivity index (χ3v) is 3.36. The lowest BCUT2D eigenvalue weighted by atomic mass is 10.2. The van der Waals surface area contributed by atoms with E-state index < -0.39 is 4.92 Å². The quantitative estimate of drug-likeness (QED) is 0.422. The van der Waals surface area contributed by atoms with Crippen molar-refractivity contribution < 1.29 is 19.0 Å². The molecule has 22 heavy (non-hydrogen) atoms. The van der Waals surface area contributed by atoms with Gasteiger partial charge in [-0.25, -0.2) is 0 Å². The first-order valence-corrected chi connectivity index (χ1v) is 6.58. The first-order valence-electron chi connectivity index (χ1n) is 6.58. The molecule has 2 aromatic carbocycles. The van der Waals surface area contributed by atoms with Crippen LogP contribution in [0.1, 0.15) is 0 Å². The summed E-state index contributed by atoms with van der Waals surface area (Å²) >= 11 is 0. The van der Waals surface area contributed by atoms with Crippen molar-refractivity contribution in [1.82, 2.24) is 0 Å². The van der Waals surface area contributed by atoms with Gasteiger partial charge in [-0.15, -0.1) is 0 Å². The monoisotopic (exact) mass is 296 g/mol. The van der Waals surface area contributed by atoms with Crippen LogP contribution in [0.2, 0.25) is 0 Å². The van der Waals surface area contributed by atoms with Crippen molar-refractivity contribution in [3.63, 3.8) is 0 Å². The van der Waals surface area contributed by atoms with E-state index in [0.717, 1.165) is 0 Å². The fraction of sp³-hybridized carbons (Fsp3) is 0.0625. The molecule has 0 fully saturated rings. The number of oxazole rings is 1. The van der Waals surface area contributed by atoms with Crippen molar-refractivity contribution in [2.75, 3.05) is 0 Å². The van der Waals surface area contributed by atoms with Crippen LogP contribution in [0, 0.1) is 10.1 Å². The number of hydrogen-bond donors (Lipinski definition) is 0. The molecule has 6 nitrogen and oxygen atoms in total. The van der Waals surface area contributed by atoms with Crippen molar-refractivity contribution >= 4 is 5.69 Å². The maximum absolute atomic E-state index is 12.3. The van der Waals surface area contributed by atoms with E-state index in [2.05, 4.69) is 0 Å². The molecule has 0 spiro atoms. The van der Waals surface area contributed by atoms with Crippen LogP contribution in [0.4, 0.5) is 5.69 Å². The summed E-state index contributed by atoms with van der Waals surface area (Å²) < 4.78 is 7.09. The summed E-state index contributed by atoms with van der Waals surface area (Å²) in [5.74, 6) is 0.356. The number of non-ortho nitro benzene ring substituents is 1. The minimum atomic E-state index is -0.472. The molecule has 1 aromatic heterocycles. The summed E-state index contributed by atoms with van der Waals surface area (Å²) in [5, 5.41) is 23.0. The number of aromatic nitrogens is 1. The van der Waals surface area contributed by atoms with Gasteiger partial charge in [0.15, 0.2) is 11.6 Å². The van der Waals surface area contributed by atoms with Crippen molar-refractivity contribution in [2.45, 2.75) is 0 Å². The Morgan fingerprint density at radius 3 is 2.23 bits per heavy atom. The molecule has 0 aliphatic heterocycles. The number of nitro groups is 1. The molecule has 0 saturated heterocycles. The van der Waals surface area contributed by atoms with Crippen LogP contribution in [0.25, 0.3) is 22.8 Å². The lowest BCUT2D eigenvalue weighted by Crippen LogP contribution is -2.32. The fourth-order valence-electron chi connectivity index (χ4n) is 2.20. The van der Waals surface area contributed by atoms with Crippen LogP contribution < -0.4 is 9.67 Å². The third-order valence-electron chi connectivity index (χ3n) is 3.36. The standard InChI is InChI=1S/C16H12N2O4/c1-17-15(19)14(11-5-3-2-4-6-11)22-16(17)12-7-9-13(10-8-12)18(20)21/h2-10H,1H3. The van der Waals surface area contributed by atoms with Gasteiger partial charge in [0, 0.05) is 17.7 Å². The van der Waals surface area contributed by atoms with Crippen LogP contribution in [-0.2, 0) is 7.05 Å². The highest BCUT2D eigenvalue weighted by Gasteiger charge is 2.22. The first kappa shape index (κ1) is 13.8. The van der Waals surface area contributed by atoms with Crippen LogP contribution >= 0.6 is 0 Å². The third kappa shape index (κ3) is 2.31. The number of hydrogen-bond acceptors (Lipinski definition) is 4. The molecule has 0 aliphatic rings. The Bertz CT molecular complexity index is 823. The van der Waals surface area contributed by atoms with Crippen molar-refractivity contribution in [3.05, 3.63) is 64.7 Å². The van der Waals surface area contributed by atoms with Gasteiger partial charge in [0.05, 0.1) is 10.5 Å². The smallest absolute Gasteiger partial charge is 0.380 e. The van der Waals surface area contributed by atoms with Gasteiger partial charge < -0.3 is 9.52 Å². The van der Waals surface area contributed by atoms with Gasteiger partial charge in [0.25, 0.3) is 5.69 Å². The zero-order valence-corrected chi connectivity index (χ0v) is 11.7. The Hall–Kier alpha value is -3.15. The molecule has 1 heterocycles. The van der Waals surface area contributed by atoms with E-state index in [1.165, 1.54) is 16.7 Å². The van der Waals surface area contributed by atoms with Crippen LogP contribution in [-0.4, -0.2) is 4.92 Å². The molecule has 3 rings (SSSR count). The average molecular weight is 296 g/mol. The number of rotatable bonds is 3. The molecule has 6 heteroatoms. The molecule has 0 N–H and O–H groups in total. The van der Waals surface area contributed by atoms with Crippen LogP contribution in [0.5, 0.6) is 5.88 Å². The second-order valence-corrected chi connectivity index (χ2v) is 4.77. The predicted octanol–water partition coefficient (Wildman–Crippen LogP) is 2.42. The SMILES string of the molecule is C[n+]1c(-c2ccc([N+](=O)[O-])cc2)oc(-c2ccccc2)c1[O-]. The maximum atomic E-state index is 12.3. The van der Waals surface area contributed by atoms with Crippen molar-refractivity contribution in [3.8, 4) is 28.7 Å². The Labute approximate surface area is 126 Å². The van der Waals surface area contributed by atoms with Gasteiger partial charge in [-0.3, -0.25) is 10.1 Å². The lowest BCUT2D eigenvalue weighted by molar-refractivity contribution is -0.704. The predicted molar refractivity (Wildman–Crippen MR) is 76.9 cm³/mol. The van der Waals surface area contributed by atoms with E-state index in [4.69, 9.17) is 4.42 Å². The van der Waals surface area contributed by atoms with Crippen molar-refractivity contribution in [2.24, 2.45) is 7.05 Å². The Balaban J connectivity index is 2.07. The van der Waals surface area contributed by atoms with Gasteiger partial charge in [-0.05, 0) is 12.1 Å². The average Bonchev–Trinajstić information content (AvgIpc) is 2.84. The second kappa shape index (κ2) is 5.33. The van der Waals surface area contributed by atoms with E-state index in [-0.39, 0.29) is 17.3 Å². The minimum Gasteiger partial charge on any atom is -0.820 e. The Kier molecular flexibility index (Phi) is 3.34. The normalized spacial score (nSPS) is 10.6. The van der Waals surface area contributed by atoms with E-state index in [1.54, 1.807) is 31.3 Å². The summed E-state index contributed by atoms with van der Waals surface area (Å²) in [5.41, 5.74) is 1.28. The first-order chi connectivity index (χ1) is 10.6. The minimum absolute atomic E-state index is 0.0106. The van der Waals surface area contributed by atoms with Gasteiger partial charge in [0.1, 0.15) is 7.05 Å². The van der Waals surface area contributed by atoms with Crippen LogP contribution in [0.15, 0.2) is 59.0 Å². The van der Waals surface area contributed by atoms with E-state index in [1.807, 2.05) is 18.2 Å². The zero-order chi connectivity index (χ0) is 15.7. The van der Waals surface area contributed by atoms with Gasteiger partial charge in [-0.2, -0.15) is 4.57 Å². The molecule has 0 saturated carbocycles. The summed E-state index contributed by atoms with van der Waals surface area (Å²) in [6, 6.07) is 15.0. The molecule has 0 bridgehead atoms. The van der Waals surface area contributed by atoms with Gasteiger partial charge in [0.2, 0.25) is 0 Å². The number of benzene rings is 2. The van der Waals surface area contributed by atoms with Crippen molar-refractivity contribution in [1.29, 1.82) is 0 Å². The molecule has 0 radical (unpaired) electrons. The number of nitro benzene ring substituents is 1. The molecule has 110 valence electrons. The molecule has 0 atom stereocenters. The Morgan fingerprint density at radius 2 is 1.64 bits per heavy atom. The number of nitrogens with zero attached hydrogens (tertiary/aromatic N) is 2. The summed E-state index contributed by atoms with van der Waals surface area (Å²) in [7, 11) is 1.61. The highest BCUT2D eigenvalue weighted by molar-refractivity contribution is 5.63. The topological polar surface area (TPSA) is 83.2 Å². The van der Waals surface area contributed by atoms with Gasteiger partial charge in [-0.1, -0.05) is 30.3 Å². The van der Waals surface area contributed by atoms with E-state index >= 15 is 0 Å². The summed E-state index contributed by atoms with van der Waals surface area (Å²) in [6.07, 6.45) is 0. The molecule has 0 amide bonds. The molecule has 0 unspecified atom stereocenters. The highest BCUT2D eigenvalue weighted by Crippen LogP contribution is 2.30. The molecular formula is C16H12N2O4. The maximum Gasteiger partial charge on any atom is 0.380 e. The molecule has 0 aliphatic carbocycles. The van der Waals surface area contributed by atoms with Crippen LogP contribution in [0.3, 0.4) is 0 Å². The zero-order valence-electron chi connectivity index (χ0n) is 11.7. The largest absolute Gasteiger partial charge is 0.820 e. The highest BCUT2D eigenvalue weighted by atomic mass is 16.6. The molecule has 3 aromatic rings. The van der Waals surface area contributed by atoms with E-state index in [0.29, 0.717) is 17.0 Å². The van der Waals surface area contributed by atoms with E-state index in [9.17, 15) is 15.2 Å². The van der Waals surface area contributed by atoms with Gasteiger partial charge >= 0.3 is 5.89 Å². The fourth-order valence-corrected chi connectivity index (χ4v) is 2.20. The second-order valence-electron chi connectivity index (χ2n) is 4.77. The summed E-state index contributed by atoms with van der Waals surface area (Å²) in [4.78, 5) is 10.2. The lowest BCUT2D eigenvalue weighted by Gasteiger charge is -1.99. The Morgan fingerprint density at radius 1 is 1.00 bits per heavy atom.